The van der Waals surface area contributed by atoms with Crippen LogP contribution >= 0.6 is 0 Å². The number of aliphatic hydroxyl groups is 1. The number of benzene rings is 1. The number of hydrogen-bond acceptors (Lipinski definition) is 1. The molecule has 0 saturated heterocycles. The molecule has 63 valence electrons. The Morgan fingerprint density at radius 3 is 2.67 bits per heavy atom. The molecule has 1 radical (unpaired) electrons. The minimum Gasteiger partial charge on any atom is -0.504 e. The molecule has 0 aliphatic heterocycles. The summed E-state index contributed by atoms with van der Waals surface area (Å²) in [6, 6.07) is 10.3. The Hall–Kier alpha value is -1.24. The Bertz CT molecular complexity index is 226. The zero-order valence-electron chi connectivity index (χ0n) is 7.03. The van der Waals surface area contributed by atoms with Crippen molar-refractivity contribution < 1.29 is 5.11 Å². The topological polar surface area (TPSA) is 20.2 Å². The maximum absolute atomic E-state index is 8.26. The van der Waals surface area contributed by atoms with Gasteiger partial charge in [0.05, 0.1) is 0 Å². The summed E-state index contributed by atoms with van der Waals surface area (Å²) in [5.41, 5.74) is 1.35. The van der Waals surface area contributed by atoms with Crippen molar-refractivity contribution in [3.05, 3.63) is 48.2 Å². The second-order valence-electron chi connectivity index (χ2n) is 2.71. The summed E-state index contributed by atoms with van der Waals surface area (Å²) in [6.45, 7) is 0. The smallest absolute Gasteiger partial charge is 0.152 e. The third-order valence-electron chi connectivity index (χ3n) is 1.75. The van der Waals surface area contributed by atoms with Crippen molar-refractivity contribution >= 4 is 0 Å². The molecule has 0 heterocycles. The zero-order valence-corrected chi connectivity index (χ0v) is 7.03. The van der Waals surface area contributed by atoms with Gasteiger partial charge in [0.15, 0.2) is 6.26 Å². The third-order valence-corrected chi connectivity index (χ3v) is 1.75. The molecule has 0 atom stereocenters. The lowest BCUT2D eigenvalue weighted by atomic mass is 10.1. The number of aryl methyl sites for hydroxylation is 1. The molecule has 0 fully saturated rings. The predicted octanol–water partition coefficient (Wildman–Crippen LogP) is 2.88. The number of hydrogen-bond donors (Lipinski definition) is 1. The Balaban J connectivity index is 2.24. The monoisotopic (exact) mass is 161 g/mol. The molecule has 0 saturated carbocycles. The molecule has 0 bridgehead atoms. The number of aliphatic hydroxyl groups excluding tert-OH is 1. The molecule has 0 aliphatic rings. The quantitative estimate of drug-likeness (QED) is 0.531. The molecule has 1 aromatic carbocycles. The zero-order chi connectivity index (χ0) is 8.65. The van der Waals surface area contributed by atoms with E-state index in [4.69, 9.17) is 5.11 Å². The number of rotatable bonds is 4. The van der Waals surface area contributed by atoms with E-state index < -0.39 is 0 Å². The average Bonchev–Trinajstić information content (AvgIpc) is 2.14. The first-order valence-corrected chi connectivity index (χ1v) is 4.18. The molecule has 0 aliphatic carbocycles. The highest BCUT2D eigenvalue weighted by molar-refractivity contribution is 5.14. The highest BCUT2D eigenvalue weighted by Gasteiger charge is 1.89. The average molecular weight is 161 g/mol. The van der Waals surface area contributed by atoms with Gasteiger partial charge in [-0.15, -0.1) is 0 Å². The minimum atomic E-state index is 0.894. The minimum absolute atomic E-state index is 0.894. The molecule has 0 unspecified atom stereocenters. The van der Waals surface area contributed by atoms with E-state index in [1.807, 2.05) is 24.5 Å². The van der Waals surface area contributed by atoms with E-state index in [1.54, 1.807) is 6.08 Å². The van der Waals surface area contributed by atoms with Gasteiger partial charge in [-0.2, -0.15) is 0 Å². The van der Waals surface area contributed by atoms with Gasteiger partial charge >= 0.3 is 0 Å². The summed E-state index contributed by atoms with van der Waals surface area (Å²) >= 11 is 0. The van der Waals surface area contributed by atoms with Crippen LogP contribution in [0.4, 0.5) is 0 Å². The molecule has 0 aromatic heterocycles. The summed E-state index contributed by atoms with van der Waals surface area (Å²) < 4.78 is 0. The van der Waals surface area contributed by atoms with Crippen molar-refractivity contribution in [1.29, 1.82) is 0 Å². The van der Waals surface area contributed by atoms with Crippen LogP contribution in [0.3, 0.4) is 0 Å². The molecule has 12 heavy (non-hydrogen) atoms. The predicted molar refractivity (Wildman–Crippen MR) is 49.8 cm³/mol. The summed E-state index contributed by atoms with van der Waals surface area (Å²) in [5, 5.41) is 8.26. The highest BCUT2D eigenvalue weighted by atomic mass is 16.2. The first-order valence-electron chi connectivity index (χ1n) is 4.18. The molecule has 1 heteroatoms. The largest absolute Gasteiger partial charge is 0.504 e. The van der Waals surface area contributed by atoms with Crippen molar-refractivity contribution in [2.45, 2.75) is 19.3 Å². The van der Waals surface area contributed by atoms with Gasteiger partial charge in [-0.05, 0) is 30.9 Å². The van der Waals surface area contributed by atoms with E-state index in [0.717, 1.165) is 19.3 Å². The second-order valence-corrected chi connectivity index (χ2v) is 2.71. The lowest BCUT2D eigenvalue weighted by Gasteiger charge is -1.97. The van der Waals surface area contributed by atoms with Crippen LogP contribution in [0.15, 0.2) is 36.4 Å². The molecular formula is C11H13O. The maximum Gasteiger partial charge on any atom is 0.152 e. The maximum atomic E-state index is 8.26. The molecule has 1 nitrogen and oxygen atoms in total. The Morgan fingerprint density at radius 1 is 1.25 bits per heavy atom. The van der Waals surface area contributed by atoms with Crippen LogP contribution < -0.4 is 0 Å². The lowest BCUT2D eigenvalue weighted by molar-refractivity contribution is 0.438. The number of allylic oxidation sites excluding steroid dienone is 1. The van der Waals surface area contributed by atoms with Gasteiger partial charge in [-0.1, -0.05) is 30.3 Å². The summed E-state index contributed by atoms with van der Waals surface area (Å²) in [7, 11) is 0. The van der Waals surface area contributed by atoms with Gasteiger partial charge in [0.25, 0.3) is 0 Å². The second kappa shape index (κ2) is 5.42. The molecule has 1 rings (SSSR count). The van der Waals surface area contributed by atoms with Gasteiger partial charge in [-0.25, -0.2) is 0 Å². The van der Waals surface area contributed by atoms with Gasteiger partial charge in [-0.3, -0.25) is 0 Å². The molecule has 0 spiro atoms. The summed E-state index contributed by atoms with van der Waals surface area (Å²) in [6.07, 6.45) is 6.71. The van der Waals surface area contributed by atoms with Crippen LogP contribution in [0.1, 0.15) is 18.4 Å². The van der Waals surface area contributed by atoms with E-state index in [2.05, 4.69) is 12.1 Å². The lowest BCUT2D eigenvalue weighted by Crippen LogP contribution is -1.82. The molecule has 1 aromatic rings. The Labute approximate surface area is 73.4 Å². The van der Waals surface area contributed by atoms with E-state index in [1.165, 1.54) is 5.56 Å². The van der Waals surface area contributed by atoms with Crippen LogP contribution in [-0.2, 0) is 6.42 Å². The van der Waals surface area contributed by atoms with Crippen LogP contribution in [-0.4, -0.2) is 5.11 Å². The van der Waals surface area contributed by atoms with Gasteiger partial charge in [0.1, 0.15) is 0 Å². The van der Waals surface area contributed by atoms with Crippen LogP contribution in [0.2, 0.25) is 0 Å². The van der Waals surface area contributed by atoms with E-state index in [0.29, 0.717) is 0 Å². The molecular weight excluding hydrogens is 148 g/mol. The standard InChI is InChI=1S/C11H13O/c12-10-6-2-5-9-11-7-3-1-4-8-11/h1,3-4,6-8,12H,2,5,9H2. The summed E-state index contributed by atoms with van der Waals surface area (Å²) in [4.78, 5) is 0. The molecule has 1 N–H and O–H groups in total. The third kappa shape index (κ3) is 3.24. The normalized spacial score (nSPS) is 10.7. The van der Waals surface area contributed by atoms with Crippen molar-refractivity contribution in [2.24, 2.45) is 0 Å². The Morgan fingerprint density at radius 2 is 2.00 bits per heavy atom. The van der Waals surface area contributed by atoms with Crippen molar-refractivity contribution in [3.8, 4) is 0 Å². The first-order chi connectivity index (χ1) is 5.93. The highest BCUT2D eigenvalue weighted by Crippen LogP contribution is 2.04. The Kier molecular flexibility index (Phi) is 4.00. The van der Waals surface area contributed by atoms with Crippen LogP contribution in [0, 0.1) is 6.26 Å². The van der Waals surface area contributed by atoms with E-state index >= 15 is 0 Å². The fraction of sp³-hybridized carbons (Fsp3) is 0.273. The van der Waals surface area contributed by atoms with E-state index in [-0.39, 0.29) is 0 Å². The van der Waals surface area contributed by atoms with Crippen molar-refractivity contribution in [3.63, 3.8) is 0 Å². The van der Waals surface area contributed by atoms with Gasteiger partial charge in [0, 0.05) is 0 Å². The van der Waals surface area contributed by atoms with Crippen LogP contribution in [0.25, 0.3) is 0 Å². The molecule has 0 amide bonds. The fourth-order valence-electron chi connectivity index (χ4n) is 1.12. The van der Waals surface area contributed by atoms with Crippen molar-refractivity contribution in [2.75, 3.05) is 0 Å². The van der Waals surface area contributed by atoms with Gasteiger partial charge in [0.2, 0.25) is 0 Å². The SMILES string of the molecule is O/[C]=C/CCCc1ccccc1. The van der Waals surface area contributed by atoms with Crippen molar-refractivity contribution in [1.82, 2.24) is 0 Å². The summed E-state index contributed by atoms with van der Waals surface area (Å²) in [5.74, 6) is 0. The fourth-order valence-corrected chi connectivity index (χ4v) is 1.12. The first kappa shape index (κ1) is 8.85. The number of unbranched alkanes of at least 4 members (excludes halogenated alkanes) is 1. The van der Waals surface area contributed by atoms with Gasteiger partial charge < -0.3 is 5.11 Å². The van der Waals surface area contributed by atoms with Crippen LogP contribution in [0.5, 0.6) is 0 Å². The van der Waals surface area contributed by atoms with E-state index in [9.17, 15) is 0 Å².